The van der Waals surface area contributed by atoms with Crippen LogP contribution in [-0.4, -0.2) is 6.04 Å². The van der Waals surface area contributed by atoms with Gasteiger partial charge in [-0.1, -0.05) is 31.4 Å². The Hall–Kier alpha value is -1.40. The summed E-state index contributed by atoms with van der Waals surface area (Å²) in [5, 5.41) is 3.01. The van der Waals surface area contributed by atoms with Crippen molar-refractivity contribution in [3.05, 3.63) is 35.4 Å². The molecule has 0 aromatic heterocycles. The number of hydrogen-bond acceptors (Lipinski definition) is 1. The lowest BCUT2D eigenvalue weighted by Gasteiger charge is -2.12. The highest BCUT2D eigenvalue weighted by molar-refractivity contribution is 5.19. The molecule has 0 saturated carbocycles. The van der Waals surface area contributed by atoms with Crippen LogP contribution in [0.3, 0.4) is 0 Å². The Labute approximate surface area is 94.9 Å². The van der Waals surface area contributed by atoms with E-state index in [9.17, 15) is 8.78 Å². The fourth-order valence-corrected chi connectivity index (χ4v) is 1.45. The minimum Gasteiger partial charge on any atom is -0.299 e. The second-order valence-electron chi connectivity index (χ2n) is 3.60. The third-order valence-corrected chi connectivity index (χ3v) is 2.35. The van der Waals surface area contributed by atoms with E-state index in [-0.39, 0.29) is 12.6 Å². The van der Waals surface area contributed by atoms with Crippen LogP contribution in [-0.2, 0) is 6.54 Å². The molecule has 1 rings (SSSR count). The predicted octanol–water partition coefficient (Wildman–Crippen LogP) is 2.86. The standard InChI is InChI=1S/C13H15F2N/c1-3-6-11(4-2)16-9-10-7-5-8-12(14)13(10)15/h2,5,7-8,11,16H,3,6,9H2,1H3. The summed E-state index contributed by atoms with van der Waals surface area (Å²) in [5.41, 5.74) is 0.302. The zero-order valence-corrected chi connectivity index (χ0v) is 9.26. The minimum absolute atomic E-state index is 0.0901. The summed E-state index contributed by atoms with van der Waals surface area (Å²) < 4.78 is 26.2. The maximum Gasteiger partial charge on any atom is 0.163 e. The molecular formula is C13H15F2N. The highest BCUT2D eigenvalue weighted by Crippen LogP contribution is 2.11. The number of terminal acetylenes is 1. The van der Waals surface area contributed by atoms with Crippen molar-refractivity contribution in [3.8, 4) is 12.3 Å². The normalized spacial score (nSPS) is 12.1. The van der Waals surface area contributed by atoms with E-state index in [1.54, 1.807) is 6.07 Å². The molecule has 0 saturated heterocycles. The highest BCUT2D eigenvalue weighted by Gasteiger charge is 2.09. The Balaban J connectivity index is 2.61. The van der Waals surface area contributed by atoms with Crippen molar-refractivity contribution in [1.29, 1.82) is 0 Å². The molecule has 86 valence electrons. The van der Waals surface area contributed by atoms with E-state index in [2.05, 4.69) is 11.2 Å². The molecule has 0 aliphatic heterocycles. The van der Waals surface area contributed by atoms with Gasteiger partial charge in [-0.05, 0) is 12.5 Å². The number of hydrogen-bond donors (Lipinski definition) is 1. The lowest BCUT2D eigenvalue weighted by molar-refractivity contribution is 0.485. The SMILES string of the molecule is C#CC(CCC)NCc1cccc(F)c1F. The van der Waals surface area contributed by atoms with Crippen LogP contribution < -0.4 is 5.32 Å². The maximum absolute atomic E-state index is 13.3. The molecular weight excluding hydrogens is 208 g/mol. The third-order valence-electron chi connectivity index (χ3n) is 2.35. The lowest BCUT2D eigenvalue weighted by atomic mass is 10.1. The van der Waals surface area contributed by atoms with E-state index in [1.165, 1.54) is 6.07 Å². The van der Waals surface area contributed by atoms with Crippen molar-refractivity contribution >= 4 is 0 Å². The first-order valence-corrected chi connectivity index (χ1v) is 5.31. The predicted molar refractivity (Wildman–Crippen MR) is 60.7 cm³/mol. The van der Waals surface area contributed by atoms with Gasteiger partial charge in [-0.25, -0.2) is 8.78 Å². The second kappa shape index (κ2) is 6.24. The second-order valence-corrected chi connectivity index (χ2v) is 3.60. The average molecular weight is 223 g/mol. The molecule has 3 heteroatoms. The van der Waals surface area contributed by atoms with E-state index in [4.69, 9.17) is 6.42 Å². The molecule has 1 unspecified atom stereocenters. The van der Waals surface area contributed by atoms with Crippen molar-refractivity contribution in [2.45, 2.75) is 32.4 Å². The molecule has 0 aliphatic rings. The maximum atomic E-state index is 13.3. The number of rotatable bonds is 5. The molecule has 1 aromatic carbocycles. The van der Waals surface area contributed by atoms with Crippen LogP contribution in [0.15, 0.2) is 18.2 Å². The molecule has 0 aliphatic carbocycles. The first-order valence-electron chi connectivity index (χ1n) is 5.31. The Morgan fingerprint density at radius 1 is 1.44 bits per heavy atom. The van der Waals surface area contributed by atoms with Crippen molar-refractivity contribution in [2.75, 3.05) is 0 Å². The van der Waals surface area contributed by atoms with Crippen LogP contribution in [0.25, 0.3) is 0 Å². The van der Waals surface area contributed by atoms with Crippen molar-refractivity contribution in [1.82, 2.24) is 5.32 Å². The van der Waals surface area contributed by atoms with E-state index in [0.717, 1.165) is 18.9 Å². The molecule has 0 fully saturated rings. The quantitative estimate of drug-likeness (QED) is 0.757. The van der Waals surface area contributed by atoms with Crippen molar-refractivity contribution in [3.63, 3.8) is 0 Å². The van der Waals surface area contributed by atoms with Crippen LogP contribution in [0, 0.1) is 24.0 Å². The van der Waals surface area contributed by atoms with Gasteiger partial charge in [0.25, 0.3) is 0 Å². The smallest absolute Gasteiger partial charge is 0.163 e. The first-order chi connectivity index (χ1) is 7.69. The molecule has 1 N–H and O–H groups in total. The largest absolute Gasteiger partial charge is 0.299 e. The van der Waals surface area contributed by atoms with Gasteiger partial charge in [0.15, 0.2) is 11.6 Å². The Morgan fingerprint density at radius 3 is 2.81 bits per heavy atom. The minimum atomic E-state index is -0.827. The molecule has 0 bridgehead atoms. The zero-order chi connectivity index (χ0) is 12.0. The number of nitrogens with one attached hydrogen (secondary N) is 1. The van der Waals surface area contributed by atoms with Gasteiger partial charge >= 0.3 is 0 Å². The summed E-state index contributed by atoms with van der Waals surface area (Å²) in [4.78, 5) is 0. The van der Waals surface area contributed by atoms with Gasteiger partial charge in [0, 0.05) is 12.1 Å². The monoisotopic (exact) mass is 223 g/mol. The summed E-state index contributed by atoms with van der Waals surface area (Å²) in [5.74, 6) is 0.950. The summed E-state index contributed by atoms with van der Waals surface area (Å²) in [6.45, 7) is 2.27. The summed E-state index contributed by atoms with van der Waals surface area (Å²) in [6.07, 6.45) is 7.09. The molecule has 0 amide bonds. The van der Waals surface area contributed by atoms with Gasteiger partial charge < -0.3 is 0 Å². The average Bonchev–Trinajstić information content (AvgIpc) is 2.29. The van der Waals surface area contributed by atoms with Crippen LogP contribution >= 0.6 is 0 Å². The summed E-state index contributed by atoms with van der Waals surface area (Å²) in [7, 11) is 0. The van der Waals surface area contributed by atoms with Crippen molar-refractivity contribution < 1.29 is 8.78 Å². The fourth-order valence-electron chi connectivity index (χ4n) is 1.45. The first kappa shape index (κ1) is 12.7. The number of halogens is 2. The van der Waals surface area contributed by atoms with Crippen LogP contribution in [0.2, 0.25) is 0 Å². The van der Waals surface area contributed by atoms with E-state index >= 15 is 0 Å². The molecule has 0 heterocycles. The topological polar surface area (TPSA) is 12.0 Å². The molecule has 1 nitrogen and oxygen atoms in total. The van der Waals surface area contributed by atoms with Crippen molar-refractivity contribution in [2.24, 2.45) is 0 Å². The van der Waals surface area contributed by atoms with Gasteiger partial charge in [0.05, 0.1) is 6.04 Å². The van der Waals surface area contributed by atoms with Crippen LogP contribution in [0.5, 0.6) is 0 Å². The van der Waals surface area contributed by atoms with E-state index in [1.807, 2.05) is 6.92 Å². The lowest BCUT2D eigenvalue weighted by Crippen LogP contribution is -2.27. The van der Waals surface area contributed by atoms with E-state index in [0.29, 0.717) is 5.56 Å². The Kier molecular flexibility index (Phi) is 4.94. The summed E-state index contributed by atoms with van der Waals surface area (Å²) in [6, 6.07) is 4.04. The Morgan fingerprint density at radius 2 is 2.19 bits per heavy atom. The zero-order valence-electron chi connectivity index (χ0n) is 9.26. The summed E-state index contributed by atoms with van der Waals surface area (Å²) >= 11 is 0. The number of benzene rings is 1. The van der Waals surface area contributed by atoms with Crippen LogP contribution in [0.4, 0.5) is 8.78 Å². The molecule has 16 heavy (non-hydrogen) atoms. The molecule has 0 radical (unpaired) electrons. The van der Waals surface area contributed by atoms with Crippen LogP contribution in [0.1, 0.15) is 25.3 Å². The van der Waals surface area contributed by atoms with Gasteiger partial charge in [0.2, 0.25) is 0 Å². The fraction of sp³-hybridized carbons (Fsp3) is 0.385. The molecule has 0 spiro atoms. The van der Waals surface area contributed by atoms with E-state index < -0.39 is 11.6 Å². The van der Waals surface area contributed by atoms with Gasteiger partial charge in [-0.15, -0.1) is 6.42 Å². The highest BCUT2D eigenvalue weighted by atomic mass is 19.2. The third kappa shape index (κ3) is 3.32. The molecule has 1 aromatic rings. The van der Waals surface area contributed by atoms with Gasteiger partial charge in [0.1, 0.15) is 0 Å². The van der Waals surface area contributed by atoms with Gasteiger partial charge in [-0.3, -0.25) is 5.32 Å². The molecule has 1 atom stereocenters. The van der Waals surface area contributed by atoms with Gasteiger partial charge in [-0.2, -0.15) is 0 Å². The Bertz CT molecular complexity index is 382.